The van der Waals surface area contributed by atoms with E-state index in [4.69, 9.17) is 14.0 Å². The Morgan fingerprint density at radius 2 is 1.61 bits per heavy atom. The summed E-state index contributed by atoms with van der Waals surface area (Å²) < 4.78 is 79.5. The second-order valence-electron chi connectivity index (χ2n) is 9.94. The van der Waals surface area contributed by atoms with Crippen LogP contribution >= 0.6 is 0 Å². The molecule has 2 saturated heterocycles. The van der Waals surface area contributed by atoms with Gasteiger partial charge in [0.25, 0.3) is 5.82 Å². The summed E-state index contributed by atoms with van der Waals surface area (Å²) in [7, 11) is -3.37. The van der Waals surface area contributed by atoms with Crippen LogP contribution in [0, 0.1) is 6.92 Å². The summed E-state index contributed by atoms with van der Waals surface area (Å²) in [6, 6.07) is 3.12. The van der Waals surface area contributed by atoms with Crippen LogP contribution in [0.25, 0.3) is 0 Å². The molecule has 0 N–H and O–H groups in total. The average molecular weight is 531 g/mol. The van der Waals surface area contributed by atoms with E-state index in [1.54, 1.807) is 13.0 Å². The molecule has 36 heavy (non-hydrogen) atoms. The number of sulfone groups is 1. The van der Waals surface area contributed by atoms with Gasteiger partial charge in [0.15, 0.2) is 14.9 Å². The van der Waals surface area contributed by atoms with E-state index >= 15 is 0 Å². The molecule has 0 radical (unpaired) electrons. The quantitative estimate of drug-likeness (QED) is 0.545. The molecule has 0 unspecified atom stereocenters. The Kier molecular flexibility index (Phi) is 6.64. The SMILES string of the molecule is Cc1nc(S(C)(=O)=O)ccc1OC1CCC(OC2C[C@@H]3CC[C@@H](C2)N3c2nc(C(F)(F)F)no2)CC1. The second kappa shape index (κ2) is 9.47. The van der Waals surface area contributed by atoms with Crippen molar-refractivity contribution in [3.05, 3.63) is 23.7 Å². The van der Waals surface area contributed by atoms with Crippen LogP contribution in [0.5, 0.6) is 5.75 Å². The highest BCUT2D eigenvalue weighted by atomic mass is 32.2. The van der Waals surface area contributed by atoms with Crippen molar-refractivity contribution in [2.45, 2.75) is 99.9 Å². The number of anilines is 1. The summed E-state index contributed by atoms with van der Waals surface area (Å²) in [5, 5.41) is 3.13. The first kappa shape index (κ1) is 25.2. The lowest BCUT2D eigenvalue weighted by Crippen LogP contribution is -2.47. The van der Waals surface area contributed by atoms with Gasteiger partial charge in [-0.1, -0.05) is 0 Å². The van der Waals surface area contributed by atoms with Crippen LogP contribution in [0.15, 0.2) is 21.7 Å². The number of pyridine rings is 1. The first-order chi connectivity index (χ1) is 17.0. The van der Waals surface area contributed by atoms with Crippen molar-refractivity contribution in [2.24, 2.45) is 0 Å². The highest BCUT2D eigenvalue weighted by Crippen LogP contribution is 2.41. The first-order valence-electron chi connectivity index (χ1n) is 12.2. The predicted octanol–water partition coefficient (Wildman–Crippen LogP) is 4.10. The highest BCUT2D eigenvalue weighted by Gasteiger charge is 2.46. The van der Waals surface area contributed by atoms with Crippen molar-refractivity contribution in [3.63, 3.8) is 0 Å². The number of ether oxygens (including phenoxy) is 2. The van der Waals surface area contributed by atoms with Gasteiger partial charge in [0, 0.05) is 18.3 Å². The lowest BCUT2D eigenvalue weighted by atomic mass is 9.93. The van der Waals surface area contributed by atoms with Crippen molar-refractivity contribution in [1.29, 1.82) is 0 Å². The zero-order valence-corrected chi connectivity index (χ0v) is 20.9. The molecule has 2 aromatic rings. The molecule has 9 nitrogen and oxygen atoms in total. The van der Waals surface area contributed by atoms with Crippen LogP contribution in [-0.4, -0.2) is 60.2 Å². The lowest BCUT2D eigenvalue weighted by molar-refractivity contribution is -0.146. The van der Waals surface area contributed by atoms with Crippen molar-refractivity contribution < 1.29 is 35.6 Å². The van der Waals surface area contributed by atoms with Gasteiger partial charge in [0.2, 0.25) is 0 Å². The first-order valence-corrected chi connectivity index (χ1v) is 14.1. The molecular weight excluding hydrogens is 501 g/mol. The Balaban J connectivity index is 1.12. The molecule has 0 spiro atoms. The Morgan fingerprint density at radius 1 is 0.972 bits per heavy atom. The van der Waals surface area contributed by atoms with Crippen molar-refractivity contribution >= 4 is 15.9 Å². The number of fused-ring (bicyclic) bond motifs is 2. The minimum absolute atomic E-state index is 0.00724. The third-order valence-corrected chi connectivity index (χ3v) is 8.26. The van der Waals surface area contributed by atoms with Crippen LogP contribution in [0.2, 0.25) is 0 Å². The molecule has 2 bridgehead atoms. The van der Waals surface area contributed by atoms with Gasteiger partial charge in [0.05, 0.1) is 24.0 Å². The topological polar surface area (TPSA) is 108 Å². The van der Waals surface area contributed by atoms with E-state index in [1.807, 2.05) is 4.90 Å². The van der Waals surface area contributed by atoms with Gasteiger partial charge in [0.1, 0.15) is 5.75 Å². The van der Waals surface area contributed by atoms with Gasteiger partial charge >= 0.3 is 12.2 Å². The summed E-state index contributed by atoms with van der Waals surface area (Å²) in [6.07, 6.45) is 3.11. The summed E-state index contributed by atoms with van der Waals surface area (Å²) in [5.41, 5.74) is 0.544. The van der Waals surface area contributed by atoms with Crippen molar-refractivity contribution in [2.75, 3.05) is 11.2 Å². The molecule has 5 rings (SSSR count). The predicted molar refractivity (Wildman–Crippen MR) is 121 cm³/mol. The maximum atomic E-state index is 12.9. The maximum absolute atomic E-state index is 12.9. The molecule has 2 atom stereocenters. The van der Waals surface area contributed by atoms with Gasteiger partial charge in [-0.25, -0.2) is 13.4 Å². The number of alkyl halides is 3. The zero-order valence-electron chi connectivity index (χ0n) is 20.1. The van der Waals surface area contributed by atoms with Crippen LogP contribution in [-0.2, 0) is 20.8 Å². The third-order valence-electron chi connectivity index (χ3n) is 7.27. The summed E-state index contributed by atoms with van der Waals surface area (Å²) in [4.78, 5) is 9.58. The zero-order chi connectivity index (χ0) is 25.7. The number of halogens is 3. The molecule has 3 fully saturated rings. The number of nitrogens with zero attached hydrogens (tertiary/aromatic N) is 4. The van der Waals surface area contributed by atoms with E-state index in [-0.39, 0.29) is 41.4 Å². The van der Waals surface area contributed by atoms with Gasteiger partial charge in [-0.3, -0.25) is 0 Å². The molecule has 0 aromatic carbocycles. The summed E-state index contributed by atoms with van der Waals surface area (Å²) in [6.45, 7) is 1.73. The normalized spacial score (nSPS) is 28.9. The van der Waals surface area contributed by atoms with Crippen LogP contribution < -0.4 is 9.64 Å². The molecule has 1 saturated carbocycles. The van der Waals surface area contributed by atoms with Gasteiger partial charge in [-0.15, -0.1) is 0 Å². The number of hydrogen-bond donors (Lipinski definition) is 0. The summed E-state index contributed by atoms with van der Waals surface area (Å²) in [5.74, 6) is -0.656. The van der Waals surface area contributed by atoms with Gasteiger partial charge in [-0.05, 0) is 75.6 Å². The van der Waals surface area contributed by atoms with Crippen LogP contribution in [0.4, 0.5) is 19.2 Å². The largest absolute Gasteiger partial charge is 0.489 e. The Bertz CT molecular complexity index is 1180. The summed E-state index contributed by atoms with van der Waals surface area (Å²) >= 11 is 0. The molecule has 4 heterocycles. The Labute approximate surface area is 207 Å². The van der Waals surface area contributed by atoms with E-state index in [2.05, 4.69) is 15.1 Å². The molecule has 2 aromatic heterocycles. The number of piperidine rings is 1. The highest BCUT2D eigenvalue weighted by molar-refractivity contribution is 7.90. The smallest absolute Gasteiger partial charge is 0.455 e. The molecule has 0 amide bonds. The maximum Gasteiger partial charge on any atom is 0.455 e. The number of aromatic nitrogens is 3. The van der Waals surface area contributed by atoms with Gasteiger partial charge in [-0.2, -0.15) is 18.2 Å². The molecule has 3 aliphatic rings. The molecule has 198 valence electrons. The fourth-order valence-corrected chi connectivity index (χ4v) is 6.20. The minimum atomic E-state index is -4.63. The lowest BCUT2D eigenvalue weighted by Gasteiger charge is -2.39. The third kappa shape index (κ3) is 5.31. The second-order valence-corrected chi connectivity index (χ2v) is 11.9. The molecule has 2 aliphatic heterocycles. The van der Waals surface area contributed by atoms with Gasteiger partial charge < -0.3 is 18.9 Å². The van der Waals surface area contributed by atoms with Crippen molar-refractivity contribution in [3.8, 4) is 5.75 Å². The minimum Gasteiger partial charge on any atom is -0.489 e. The molecule has 13 heteroatoms. The van der Waals surface area contributed by atoms with E-state index < -0.39 is 21.8 Å². The Hall–Kier alpha value is -2.41. The van der Waals surface area contributed by atoms with E-state index in [9.17, 15) is 21.6 Å². The molecule has 1 aliphatic carbocycles. The Morgan fingerprint density at radius 3 is 2.17 bits per heavy atom. The van der Waals surface area contributed by atoms with Crippen molar-refractivity contribution in [1.82, 2.24) is 15.1 Å². The number of rotatable bonds is 6. The standard InChI is InChI=1S/C23H29F3N4O5S/c1-13-19(9-10-20(27-13)36(2,31)32)34-17-7-5-16(6-8-17)33-18-11-14-3-4-15(12-18)30(14)22-28-21(29-35-22)23(24,25)26/h9-10,14-18H,3-8,11-12H2,1-2H3/t14-,15-,16?,17?/m0/s1. The number of hydrogen-bond acceptors (Lipinski definition) is 9. The van der Waals surface area contributed by atoms with Crippen LogP contribution in [0.1, 0.15) is 62.9 Å². The van der Waals surface area contributed by atoms with E-state index in [0.717, 1.165) is 44.8 Å². The van der Waals surface area contributed by atoms with Crippen LogP contribution in [0.3, 0.4) is 0 Å². The monoisotopic (exact) mass is 530 g/mol. The number of aryl methyl sites for hydroxylation is 1. The fourth-order valence-electron chi connectivity index (χ4n) is 5.58. The van der Waals surface area contributed by atoms with E-state index in [0.29, 0.717) is 24.3 Å². The molecular formula is C23H29F3N4O5S. The van der Waals surface area contributed by atoms with E-state index in [1.165, 1.54) is 6.07 Å². The fraction of sp³-hybridized carbons (Fsp3) is 0.696. The average Bonchev–Trinajstić information content (AvgIpc) is 3.38.